The zero-order chi connectivity index (χ0) is 10.1. The van der Waals surface area contributed by atoms with Crippen LogP contribution in [0.3, 0.4) is 0 Å². The van der Waals surface area contributed by atoms with E-state index >= 15 is 0 Å². The van der Waals surface area contributed by atoms with Crippen molar-refractivity contribution in [2.45, 2.75) is 19.4 Å². The molecule has 0 aliphatic carbocycles. The second-order valence-electron chi connectivity index (χ2n) is 3.56. The number of rotatable bonds is 2. The number of imidazole rings is 1. The lowest BCUT2D eigenvalue weighted by Crippen LogP contribution is -2.27. The average molecular weight is 195 g/mol. The number of hydrogen-bond acceptors (Lipinski definition) is 3. The quantitative estimate of drug-likeness (QED) is 0.739. The van der Waals surface area contributed by atoms with Gasteiger partial charge in [-0.05, 0) is 12.8 Å². The van der Waals surface area contributed by atoms with E-state index in [1.807, 2.05) is 7.05 Å². The van der Waals surface area contributed by atoms with Crippen molar-refractivity contribution < 1.29 is 9.90 Å². The number of aliphatic carboxylic acids is 1. The Morgan fingerprint density at radius 3 is 3.21 bits per heavy atom. The third-order valence-electron chi connectivity index (χ3n) is 2.46. The van der Waals surface area contributed by atoms with E-state index in [0.717, 1.165) is 30.9 Å². The molecule has 2 heterocycles. The summed E-state index contributed by atoms with van der Waals surface area (Å²) in [4.78, 5) is 16.9. The van der Waals surface area contributed by atoms with Gasteiger partial charge in [-0.25, -0.2) is 4.98 Å². The highest BCUT2D eigenvalue weighted by Gasteiger charge is 2.20. The third kappa shape index (κ3) is 1.45. The van der Waals surface area contributed by atoms with Gasteiger partial charge < -0.3 is 14.6 Å². The van der Waals surface area contributed by atoms with Gasteiger partial charge >= 0.3 is 5.97 Å². The first kappa shape index (κ1) is 9.05. The van der Waals surface area contributed by atoms with Crippen molar-refractivity contribution in [2.24, 2.45) is 0 Å². The molecule has 1 aromatic heterocycles. The average Bonchev–Trinajstić information content (AvgIpc) is 2.49. The number of carboxylic acids is 1. The maximum absolute atomic E-state index is 10.6. The maximum atomic E-state index is 10.6. The van der Waals surface area contributed by atoms with Crippen LogP contribution in [0.5, 0.6) is 0 Å². The minimum atomic E-state index is -0.829. The minimum absolute atomic E-state index is 0.00727. The number of carbonyl (C=O) groups is 1. The van der Waals surface area contributed by atoms with Crippen molar-refractivity contribution >= 4 is 11.8 Å². The van der Waals surface area contributed by atoms with E-state index < -0.39 is 5.97 Å². The molecule has 1 aliphatic rings. The minimum Gasteiger partial charge on any atom is -0.480 e. The van der Waals surface area contributed by atoms with Gasteiger partial charge in [-0.15, -0.1) is 0 Å². The van der Waals surface area contributed by atoms with E-state index in [1.165, 1.54) is 0 Å². The number of carboxylic acid groups (broad SMARTS) is 1. The fourth-order valence-corrected chi connectivity index (χ4v) is 1.88. The second-order valence-corrected chi connectivity index (χ2v) is 3.56. The summed E-state index contributed by atoms with van der Waals surface area (Å²) in [5.41, 5.74) is 1.01. The number of nitrogens with zero attached hydrogens (tertiary/aromatic N) is 3. The monoisotopic (exact) mass is 195 g/mol. The molecule has 0 saturated carbocycles. The Kier molecular flexibility index (Phi) is 2.15. The van der Waals surface area contributed by atoms with E-state index in [9.17, 15) is 4.79 Å². The van der Waals surface area contributed by atoms with Crippen LogP contribution in [-0.4, -0.2) is 34.2 Å². The highest BCUT2D eigenvalue weighted by Crippen LogP contribution is 2.24. The Labute approximate surface area is 82.0 Å². The van der Waals surface area contributed by atoms with Crippen LogP contribution < -0.4 is 4.90 Å². The molecule has 0 aromatic carbocycles. The van der Waals surface area contributed by atoms with E-state index in [2.05, 4.69) is 9.88 Å². The van der Waals surface area contributed by atoms with E-state index in [1.54, 1.807) is 10.9 Å². The van der Waals surface area contributed by atoms with Gasteiger partial charge in [0.25, 0.3) is 0 Å². The first-order chi connectivity index (χ1) is 6.68. The molecule has 1 aromatic rings. The largest absolute Gasteiger partial charge is 0.480 e. The van der Waals surface area contributed by atoms with Gasteiger partial charge in [-0.1, -0.05) is 0 Å². The maximum Gasteiger partial charge on any atom is 0.323 e. The smallest absolute Gasteiger partial charge is 0.323 e. The number of hydrogen-bond donors (Lipinski definition) is 1. The Balaban J connectivity index is 2.33. The molecule has 1 aliphatic heterocycles. The second kappa shape index (κ2) is 3.32. The van der Waals surface area contributed by atoms with Gasteiger partial charge in [0.15, 0.2) is 0 Å². The van der Waals surface area contributed by atoms with Crippen LogP contribution >= 0.6 is 0 Å². The molecular weight excluding hydrogens is 182 g/mol. The fourth-order valence-electron chi connectivity index (χ4n) is 1.88. The highest BCUT2D eigenvalue weighted by atomic mass is 16.4. The molecule has 0 amide bonds. The molecular formula is C9H13N3O2. The molecule has 0 bridgehead atoms. The Morgan fingerprint density at radius 2 is 2.50 bits per heavy atom. The molecule has 0 atom stereocenters. The number of aryl methyl sites for hydroxylation is 1. The zero-order valence-corrected chi connectivity index (χ0v) is 8.10. The summed E-state index contributed by atoms with van der Waals surface area (Å²) in [6.45, 7) is 0.963. The molecule has 5 nitrogen and oxygen atoms in total. The third-order valence-corrected chi connectivity index (χ3v) is 2.46. The molecule has 0 radical (unpaired) electrons. The lowest BCUT2D eigenvalue weighted by atomic mass is 10.1. The topological polar surface area (TPSA) is 58.4 Å². The SMILES string of the molecule is CN1CCCc2ncn(CC(=O)O)c21. The van der Waals surface area contributed by atoms with Gasteiger partial charge in [0.2, 0.25) is 0 Å². The van der Waals surface area contributed by atoms with Gasteiger partial charge in [0, 0.05) is 13.6 Å². The number of anilines is 1. The molecule has 0 spiro atoms. The van der Waals surface area contributed by atoms with Crippen LogP contribution in [0.2, 0.25) is 0 Å². The van der Waals surface area contributed by atoms with Crippen LogP contribution in [0.25, 0.3) is 0 Å². The Hall–Kier alpha value is -1.52. The van der Waals surface area contributed by atoms with Crippen LogP contribution in [0.4, 0.5) is 5.82 Å². The van der Waals surface area contributed by atoms with Gasteiger partial charge in [0.05, 0.1) is 12.0 Å². The number of fused-ring (bicyclic) bond motifs is 1. The van der Waals surface area contributed by atoms with Crippen molar-refractivity contribution in [1.29, 1.82) is 0 Å². The van der Waals surface area contributed by atoms with Crippen molar-refractivity contribution in [3.05, 3.63) is 12.0 Å². The molecule has 0 saturated heterocycles. The summed E-state index contributed by atoms with van der Waals surface area (Å²) in [5.74, 6) is 0.128. The summed E-state index contributed by atoms with van der Waals surface area (Å²) in [5, 5.41) is 8.71. The molecule has 14 heavy (non-hydrogen) atoms. The lowest BCUT2D eigenvalue weighted by Gasteiger charge is -2.25. The van der Waals surface area contributed by atoms with E-state index in [0.29, 0.717) is 0 Å². The van der Waals surface area contributed by atoms with Crippen molar-refractivity contribution in [3.8, 4) is 0 Å². The van der Waals surface area contributed by atoms with Crippen molar-refractivity contribution in [2.75, 3.05) is 18.5 Å². The lowest BCUT2D eigenvalue weighted by molar-refractivity contribution is -0.137. The summed E-state index contributed by atoms with van der Waals surface area (Å²) in [6, 6.07) is 0. The van der Waals surface area contributed by atoms with Gasteiger partial charge in [-0.2, -0.15) is 0 Å². The fraction of sp³-hybridized carbons (Fsp3) is 0.556. The molecule has 76 valence electrons. The molecule has 0 fully saturated rings. The van der Waals surface area contributed by atoms with Crippen LogP contribution in [0.15, 0.2) is 6.33 Å². The predicted octanol–water partition coefficient (Wildman–Crippen LogP) is 0.350. The number of aromatic nitrogens is 2. The van der Waals surface area contributed by atoms with Gasteiger partial charge in [0.1, 0.15) is 12.4 Å². The highest BCUT2D eigenvalue weighted by molar-refractivity contribution is 5.67. The summed E-state index contributed by atoms with van der Waals surface area (Å²) >= 11 is 0. The molecule has 2 rings (SSSR count). The molecule has 1 N–H and O–H groups in total. The standard InChI is InChI=1S/C9H13N3O2/c1-11-4-2-3-7-9(11)12(6-10-7)5-8(13)14/h6H,2-5H2,1H3,(H,13,14). The van der Waals surface area contributed by atoms with Crippen molar-refractivity contribution in [1.82, 2.24) is 9.55 Å². The zero-order valence-electron chi connectivity index (χ0n) is 8.10. The summed E-state index contributed by atoms with van der Waals surface area (Å²) < 4.78 is 1.69. The van der Waals surface area contributed by atoms with E-state index in [4.69, 9.17) is 5.11 Å². The van der Waals surface area contributed by atoms with Gasteiger partial charge in [-0.3, -0.25) is 4.79 Å². The molecule has 0 unspecified atom stereocenters. The normalized spacial score (nSPS) is 15.4. The summed E-state index contributed by atoms with van der Waals surface area (Å²) in [6.07, 6.45) is 3.65. The molecule has 5 heteroatoms. The van der Waals surface area contributed by atoms with E-state index in [-0.39, 0.29) is 6.54 Å². The first-order valence-electron chi connectivity index (χ1n) is 4.65. The van der Waals surface area contributed by atoms with Crippen LogP contribution in [0.1, 0.15) is 12.1 Å². The van der Waals surface area contributed by atoms with Crippen molar-refractivity contribution in [3.63, 3.8) is 0 Å². The Morgan fingerprint density at radius 1 is 1.71 bits per heavy atom. The summed E-state index contributed by atoms with van der Waals surface area (Å²) in [7, 11) is 1.97. The van der Waals surface area contributed by atoms with Crippen LogP contribution in [-0.2, 0) is 17.8 Å². The van der Waals surface area contributed by atoms with Crippen LogP contribution in [0, 0.1) is 0 Å². The Bertz CT molecular complexity index is 359. The predicted molar refractivity (Wildman–Crippen MR) is 51.5 cm³/mol. The first-order valence-corrected chi connectivity index (χ1v) is 4.65.